The first-order valence-corrected chi connectivity index (χ1v) is 8.01. The lowest BCUT2D eigenvalue weighted by Crippen LogP contribution is -2.27. The van der Waals surface area contributed by atoms with Gasteiger partial charge in [0.05, 0.1) is 5.02 Å². The zero-order chi connectivity index (χ0) is 14.5. The number of hydrogen-bond acceptors (Lipinski definition) is 1. The Labute approximate surface area is 138 Å². The Morgan fingerprint density at radius 1 is 1.10 bits per heavy atom. The SMILES string of the molecule is CC(Cc1cccc(Cl)c1)NCc1ccc(Cl)c(Br)c1. The molecular formula is C16H16BrCl2N. The molecule has 1 nitrogen and oxygen atoms in total. The van der Waals surface area contributed by atoms with Gasteiger partial charge in [-0.3, -0.25) is 0 Å². The molecule has 1 N–H and O–H groups in total. The maximum atomic E-state index is 6.00. The summed E-state index contributed by atoms with van der Waals surface area (Å²) in [5.41, 5.74) is 2.45. The lowest BCUT2D eigenvalue weighted by molar-refractivity contribution is 0.545. The van der Waals surface area contributed by atoms with E-state index in [0.29, 0.717) is 6.04 Å². The van der Waals surface area contributed by atoms with Crippen molar-refractivity contribution in [1.82, 2.24) is 5.32 Å². The van der Waals surface area contributed by atoms with Crippen LogP contribution in [0.4, 0.5) is 0 Å². The highest BCUT2D eigenvalue weighted by molar-refractivity contribution is 9.10. The highest BCUT2D eigenvalue weighted by Gasteiger charge is 2.05. The van der Waals surface area contributed by atoms with Crippen molar-refractivity contribution in [2.24, 2.45) is 0 Å². The average Bonchev–Trinajstić information content (AvgIpc) is 2.40. The molecule has 0 amide bonds. The fourth-order valence-electron chi connectivity index (χ4n) is 2.03. The lowest BCUT2D eigenvalue weighted by atomic mass is 10.1. The molecule has 0 aliphatic carbocycles. The maximum Gasteiger partial charge on any atom is 0.0548 e. The second-order valence-corrected chi connectivity index (χ2v) is 6.56. The first-order valence-electron chi connectivity index (χ1n) is 6.46. The summed E-state index contributed by atoms with van der Waals surface area (Å²) < 4.78 is 0.931. The van der Waals surface area contributed by atoms with Crippen molar-refractivity contribution in [2.75, 3.05) is 0 Å². The third kappa shape index (κ3) is 4.78. The Bertz CT molecular complexity index is 586. The van der Waals surface area contributed by atoms with Crippen LogP contribution in [0, 0.1) is 0 Å². The summed E-state index contributed by atoms with van der Waals surface area (Å²) in [5, 5.41) is 5.03. The van der Waals surface area contributed by atoms with Gasteiger partial charge in [0.25, 0.3) is 0 Å². The van der Waals surface area contributed by atoms with Gasteiger partial charge in [0.1, 0.15) is 0 Å². The second-order valence-electron chi connectivity index (χ2n) is 4.86. The summed E-state index contributed by atoms with van der Waals surface area (Å²) in [6.07, 6.45) is 0.954. The van der Waals surface area contributed by atoms with Gasteiger partial charge in [-0.2, -0.15) is 0 Å². The van der Waals surface area contributed by atoms with E-state index < -0.39 is 0 Å². The molecule has 4 heteroatoms. The van der Waals surface area contributed by atoms with E-state index in [1.54, 1.807) is 0 Å². The van der Waals surface area contributed by atoms with Crippen LogP contribution in [0.5, 0.6) is 0 Å². The minimum absolute atomic E-state index is 0.378. The molecule has 0 radical (unpaired) electrons. The molecule has 20 heavy (non-hydrogen) atoms. The number of halogens is 3. The average molecular weight is 373 g/mol. The summed E-state index contributed by atoms with van der Waals surface area (Å²) in [7, 11) is 0. The summed E-state index contributed by atoms with van der Waals surface area (Å²) >= 11 is 15.4. The predicted molar refractivity (Wildman–Crippen MR) is 90.6 cm³/mol. The first-order chi connectivity index (χ1) is 9.54. The molecule has 0 bridgehead atoms. The van der Waals surface area contributed by atoms with E-state index in [1.165, 1.54) is 11.1 Å². The van der Waals surface area contributed by atoms with Crippen molar-refractivity contribution < 1.29 is 0 Å². The molecule has 106 valence electrons. The Kier molecular flexibility index (Phi) is 5.91. The van der Waals surface area contributed by atoms with Crippen LogP contribution in [0.25, 0.3) is 0 Å². The molecule has 2 rings (SSSR count). The van der Waals surface area contributed by atoms with Crippen LogP contribution in [-0.4, -0.2) is 6.04 Å². The van der Waals surface area contributed by atoms with Gasteiger partial charge in [-0.15, -0.1) is 0 Å². The number of nitrogens with one attached hydrogen (secondary N) is 1. The van der Waals surface area contributed by atoms with Gasteiger partial charge in [0.2, 0.25) is 0 Å². The largest absolute Gasteiger partial charge is 0.310 e. The molecule has 1 unspecified atom stereocenters. The molecule has 0 saturated carbocycles. The minimum atomic E-state index is 0.378. The Hall–Kier alpha value is -0.540. The van der Waals surface area contributed by atoms with Crippen LogP contribution in [0.3, 0.4) is 0 Å². The van der Waals surface area contributed by atoms with Gasteiger partial charge in [-0.25, -0.2) is 0 Å². The molecule has 0 spiro atoms. The third-order valence-corrected chi connectivity index (χ3v) is 4.52. The van der Waals surface area contributed by atoms with Gasteiger partial charge in [0.15, 0.2) is 0 Å². The number of benzene rings is 2. The normalized spacial score (nSPS) is 12.4. The highest BCUT2D eigenvalue weighted by Crippen LogP contribution is 2.23. The molecule has 0 aliphatic rings. The van der Waals surface area contributed by atoms with Crippen molar-refractivity contribution in [1.29, 1.82) is 0 Å². The summed E-state index contributed by atoms with van der Waals surface area (Å²) in [5.74, 6) is 0. The summed E-state index contributed by atoms with van der Waals surface area (Å²) in [4.78, 5) is 0. The lowest BCUT2D eigenvalue weighted by Gasteiger charge is -2.14. The van der Waals surface area contributed by atoms with E-state index in [1.807, 2.05) is 36.4 Å². The number of rotatable bonds is 5. The Morgan fingerprint density at radius 3 is 2.60 bits per heavy atom. The Balaban J connectivity index is 1.88. The van der Waals surface area contributed by atoms with Crippen LogP contribution in [-0.2, 0) is 13.0 Å². The van der Waals surface area contributed by atoms with Gasteiger partial charge >= 0.3 is 0 Å². The van der Waals surface area contributed by atoms with Gasteiger partial charge in [0, 0.05) is 22.1 Å². The summed E-state index contributed by atoms with van der Waals surface area (Å²) in [6.45, 7) is 2.99. The highest BCUT2D eigenvalue weighted by atomic mass is 79.9. The molecule has 2 aromatic rings. The fraction of sp³-hybridized carbons (Fsp3) is 0.250. The summed E-state index contributed by atoms with van der Waals surface area (Å²) in [6, 6.07) is 14.4. The van der Waals surface area contributed by atoms with E-state index in [0.717, 1.165) is 27.5 Å². The second kappa shape index (κ2) is 7.46. The van der Waals surface area contributed by atoms with Crippen molar-refractivity contribution in [3.63, 3.8) is 0 Å². The molecule has 0 saturated heterocycles. The van der Waals surface area contributed by atoms with Crippen LogP contribution in [0.15, 0.2) is 46.9 Å². The smallest absolute Gasteiger partial charge is 0.0548 e. The fourth-order valence-corrected chi connectivity index (χ4v) is 2.79. The van der Waals surface area contributed by atoms with Crippen LogP contribution >= 0.6 is 39.1 Å². The topological polar surface area (TPSA) is 12.0 Å². The van der Waals surface area contributed by atoms with Crippen molar-refractivity contribution in [3.8, 4) is 0 Å². The molecule has 0 heterocycles. The van der Waals surface area contributed by atoms with E-state index in [4.69, 9.17) is 23.2 Å². The minimum Gasteiger partial charge on any atom is -0.310 e. The third-order valence-electron chi connectivity index (χ3n) is 3.07. The van der Waals surface area contributed by atoms with Gasteiger partial charge < -0.3 is 5.32 Å². The quantitative estimate of drug-likeness (QED) is 0.732. The predicted octanol–water partition coefficient (Wildman–Crippen LogP) is 5.48. The van der Waals surface area contributed by atoms with Gasteiger partial charge in [-0.05, 0) is 64.7 Å². The molecule has 0 aromatic heterocycles. The van der Waals surface area contributed by atoms with Gasteiger partial charge in [-0.1, -0.05) is 41.4 Å². The molecule has 0 fully saturated rings. The molecular weight excluding hydrogens is 357 g/mol. The van der Waals surface area contributed by atoms with Crippen molar-refractivity contribution in [3.05, 3.63) is 68.1 Å². The monoisotopic (exact) mass is 371 g/mol. The molecule has 0 aliphatic heterocycles. The van der Waals surface area contributed by atoms with E-state index in [9.17, 15) is 0 Å². The maximum absolute atomic E-state index is 6.00. The number of hydrogen-bond donors (Lipinski definition) is 1. The first kappa shape index (κ1) is 15.8. The Morgan fingerprint density at radius 2 is 1.90 bits per heavy atom. The van der Waals surface area contributed by atoms with Crippen molar-refractivity contribution >= 4 is 39.1 Å². The van der Waals surface area contributed by atoms with E-state index in [2.05, 4.69) is 34.2 Å². The van der Waals surface area contributed by atoms with Crippen LogP contribution in [0.2, 0.25) is 10.0 Å². The molecule has 1 atom stereocenters. The van der Waals surface area contributed by atoms with Crippen LogP contribution in [0.1, 0.15) is 18.1 Å². The zero-order valence-corrected chi connectivity index (χ0v) is 14.3. The van der Waals surface area contributed by atoms with Crippen molar-refractivity contribution in [2.45, 2.75) is 25.9 Å². The zero-order valence-electron chi connectivity index (χ0n) is 11.2. The van der Waals surface area contributed by atoms with Crippen LogP contribution < -0.4 is 5.32 Å². The van der Waals surface area contributed by atoms with E-state index in [-0.39, 0.29) is 0 Å². The molecule has 2 aromatic carbocycles. The van der Waals surface area contributed by atoms with E-state index >= 15 is 0 Å². The standard InChI is InChI=1S/C16H16BrCl2N/c1-11(7-12-3-2-4-14(18)8-12)20-10-13-5-6-16(19)15(17)9-13/h2-6,8-9,11,20H,7,10H2,1H3.